The number of aromatic nitrogens is 1. The minimum atomic E-state index is -4.12. The molecule has 2 aromatic carbocycles. The molecule has 0 aliphatic carbocycles. The Bertz CT molecular complexity index is 1800. The number of nitrogens with zero attached hydrogens (tertiary/aromatic N) is 3. The number of likely N-dealkylation sites (N-methyl/N-ethyl adjacent to an activating group) is 1. The number of aliphatic hydroxyl groups is 1. The van der Waals surface area contributed by atoms with E-state index in [2.05, 4.69) is 9.88 Å². The molecule has 0 fully saturated rings. The van der Waals surface area contributed by atoms with Gasteiger partial charge in [-0.25, -0.2) is 16.8 Å². The molecule has 0 saturated carbocycles. The van der Waals surface area contributed by atoms with Crippen LogP contribution in [0.25, 0.3) is 0 Å². The molecule has 0 bridgehead atoms. The summed E-state index contributed by atoms with van der Waals surface area (Å²) in [6, 6.07) is 9.73. The van der Waals surface area contributed by atoms with Crippen LogP contribution in [0.2, 0.25) is 5.02 Å². The fourth-order valence-corrected chi connectivity index (χ4v) is 8.34. The number of rotatable bonds is 9. The van der Waals surface area contributed by atoms with Crippen molar-refractivity contribution in [1.82, 2.24) is 14.4 Å². The molecule has 270 valence electrons. The number of fused-ring (bicyclic) bond motifs is 1. The normalized spacial score (nSPS) is 20.7. The Morgan fingerprint density at radius 3 is 2.43 bits per heavy atom. The lowest BCUT2D eigenvalue weighted by Crippen LogP contribution is -2.48. The average molecular weight is 741 g/mol. The minimum Gasteiger partial charge on any atom is -0.490 e. The number of benzene rings is 2. The first-order chi connectivity index (χ1) is 23.0. The number of aliphatic hydroxyl groups excluding tert-OH is 1. The third-order valence-corrected chi connectivity index (χ3v) is 12.2. The molecular formula is C33H45ClN4O9S2. The first-order valence-electron chi connectivity index (χ1n) is 16.1. The lowest BCUT2D eigenvalue weighted by Gasteiger charge is -2.35. The van der Waals surface area contributed by atoms with Gasteiger partial charge in [-0.3, -0.25) is 9.52 Å². The zero-order valence-corrected chi connectivity index (χ0v) is 30.9. The molecule has 3 aromatic rings. The van der Waals surface area contributed by atoms with E-state index in [0.29, 0.717) is 24.5 Å². The summed E-state index contributed by atoms with van der Waals surface area (Å²) in [5.41, 5.74) is 0.400. The van der Waals surface area contributed by atoms with E-state index in [4.69, 9.17) is 25.6 Å². The lowest BCUT2D eigenvalue weighted by molar-refractivity contribution is -0.00833. The SMILES string of the molecule is Cc1noc(C)c1S(=O)(=O)Nc1ccc2c(c1)C(=O)N([C@H](C)CO)C[C@@H](C)[C@H](CN(C)S(=O)(=O)c1ccc(Cl)cc1)OCCCC[C@@H](C)O2. The molecule has 1 aliphatic heterocycles. The molecule has 0 unspecified atom stereocenters. The number of aryl methyl sites for hydroxylation is 2. The molecule has 4 rings (SSSR count). The third-order valence-electron chi connectivity index (χ3n) is 8.50. The van der Waals surface area contributed by atoms with Crippen LogP contribution in [-0.4, -0.2) is 93.8 Å². The van der Waals surface area contributed by atoms with Gasteiger partial charge in [0, 0.05) is 43.4 Å². The predicted molar refractivity (Wildman–Crippen MR) is 185 cm³/mol. The van der Waals surface area contributed by atoms with Gasteiger partial charge in [-0.15, -0.1) is 0 Å². The van der Waals surface area contributed by atoms with Gasteiger partial charge in [-0.2, -0.15) is 4.31 Å². The first kappa shape index (κ1) is 38.6. The van der Waals surface area contributed by atoms with E-state index in [0.717, 1.165) is 6.42 Å². The summed E-state index contributed by atoms with van der Waals surface area (Å²) in [6.07, 6.45) is 1.16. The number of hydrogen-bond donors (Lipinski definition) is 2. The maximum atomic E-state index is 14.4. The highest BCUT2D eigenvalue weighted by atomic mass is 35.5. The van der Waals surface area contributed by atoms with Crippen LogP contribution in [0.1, 0.15) is 61.8 Å². The van der Waals surface area contributed by atoms with Crippen LogP contribution in [0.3, 0.4) is 0 Å². The molecule has 49 heavy (non-hydrogen) atoms. The highest BCUT2D eigenvalue weighted by Gasteiger charge is 2.33. The molecule has 4 atom stereocenters. The van der Waals surface area contributed by atoms with Gasteiger partial charge < -0.3 is 24.0 Å². The van der Waals surface area contributed by atoms with E-state index < -0.39 is 44.0 Å². The van der Waals surface area contributed by atoms with Gasteiger partial charge in [0.15, 0.2) is 10.7 Å². The molecule has 0 radical (unpaired) electrons. The van der Waals surface area contributed by atoms with Crippen molar-refractivity contribution < 1.29 is 40.7 Å². The van der Waals surface area contributed by atoms with Crippen LogP contribution in [0.4, 0.5) is 5.69 Å². The number of halogens is 1. The van der Waals surface area contributed by atoms with Gasteiger partial charge in [0.1, 0.15) is 11.4 Å². The predicted octanol–water partition coefficient (Wildman–Crippen LogP) is 4.86. The van der Waals surface area contributed by atoms with E-state index in [1.165, 1.54) is 66.5 Å². The quantitative estimate of drug-likeness (QED) is 0.309. The maximum Gasteiger partial charge on any atom is 0.267 e. The number of hydrogen-bond acceptors (Lipinski definition) is 10. The molecule has 0 spiro atoms. The first-order valence-corrected chi connectivity index (χ1v) is 19.4. The van der Waals surface area contributed by atoms with Crippen LogP contribution in [0, 0.1) is 19.8 Å². The fourth-order valence-electron chi connectivity index (χ4n) is 5.65. The Labute approximate surface area is 293 Å². The van der Waals surface area contributed by atoms with E-state index in [-0.39, 0.29) is 64.0 Å². The number of ether oxygens (including phenoxy) is 2. The molecule has 1 aromatic heterocycles. The molecule has 2 N–H and O–H groups in total. The Morgan fingerprint density at radius 2 is 1.80 bits per heavy atom. The third kappa shape index (κ3) is 9.32. The largest absolute Gasteiger partial charge is 0.490 e. The van der Waals surface area contributed by atoms with Crippen molar-refractivity contribution in [2.75, 3.05) is 38.1 Å². The van der Waals surface area contributed by atoms with Crippen LogP contribution in [0.15, 0.2) is 56.8 Å². The zero-order valence-electron chi connectivity index (χ0n) is 28.5. The molecule has 1 aliphatic rings. The molecular weight excluding hydrogens is 696 g/mol. The van der Waals surface area contributed by atoms with Crippen molar-refractivity contribution in [1.29, 1.82) is 0 Å². The average Bonchev–Trinajstić information content (AvgIpc) is 3.40. The van der Waals surface area contributed by atoms with Crippen molar-refractivity contribution in [3.8, 4) is 5.75 Å². The monoisotopic (exact) mass is 740 g/mol. The second-order valence-electron chi connectivity index (χ2n) is 12.5. The van der Waals surface area contributed by atoms with E-state index in [1.807, 2.05) is 13.8 Å². The molecule has 16 heteroatoms. The van der Waals surface area contributed by atoms with Crippen LogP contribution >= 0.6 is 11.6 Å². The summed E-state index contributed by atoms with van der Waals surface area (Å²) in [4.78, 5) is 15.9. The summed E-state index contributed by atoms with van der Waals surface area (Å²) in [6.45, 7) is 8.54. The van der Waals surface area contributed by atoms with Gasteiger partial charge in [0.25, 0.3) is 15.9 Å². The zero-order chi connectivity index (χ0) is 36.1. The highest BCUT2D eigenvalue weighted by molar-refractivity contribution is 7.92. The van der Waals surface area contributed by atoms with E-state index in [1.54, 1.807) is 13.0 Å². The Hall–Kier alpha value is -3.21. The summed E-state index contributed by atoms with van der Waals surface area (Å²) in [7, 11) is -6.53. The van der Waals surface area contributed by atoms with Gasteiger partial charge in [0.05, 0.1) is 35.3 Å². The van der Waals surface area contributed by atoms with Crippen molar-refractivity contribution >= 4 is 43.2 Å². The standard InChI is InChI=1S/C33H45ClN4O9S2/c1-21-18-38(22(2)20-39)33(40)29-17-27(36-48(41,42)32-24(4)35-47-25(32)5)12-15-30(29)46-23(3)9-7-8-16-45-31(21)19-37(6)49(43,44)28-13-10-26(34)11-14-28/h10-15,17,21-23,31,36,39H,7-9,16,18-20H2,1-6H3/t21-,22-,23-,31+/m1/s1. The van der Waals surface area contributed by atoms with Gasteiger partial charge in [-0.1, -0.05) is 23.7 Å². The summed E-state index contributed by atoms with van der Waals surface area (Å²) in [5.74, 6) is -0.517. The topological polar surface area (TPSA) is 169 Å². The number of nitrogens with one attached hydrogen (secondary N) is 1. The molecule has 2 heterocycles. The van der Waals surface area contributed by atoms with Gasteiger partial charge >= 0.3 is 0 Å². The van der Waals surface area contributed by atoms with Crippen LogP contribution < -0.4 is 9.46 Å². The number of carbonyl (C=O) groups is 1. The second kappa shape index (κ2) is 16.2. The summed E-state index contributed by atoms with van der Waals surface area (Å²) >= 11 is 5.98. The summed E-state index contributed by atoms with van der Waals surface area (Å²) < 4.78 is 74.8. The smallest absolute Gasteiger partial charge is 0.267 e. The number of sulfonamides is 2. The minimum absolute atomic E-state index is 0.00535. The van der Waals surface area contributed by atoms with E-state index >= 15 is 0 Å². The van der Waals surface area contributed by atoms with Crippen molar-refractivity contribution in [3.63, 3.8) is 0 Å². The molecule has 1 amide bonds. The van der Waals surface area contributed by atoms with Crippen molar-refractivity contribution in [2.45, 2.75) is 81.9 Å². The second-order valence-corrected chi connectivity index (χ2v) is 16.6. The number of anilines is 1. The maximum absolute atomic E-state index is 14.4. The van der Waals surface area contributed by atoms with Gasteiger partial charge in [-0.05, 0) is 89.4 Å². The molecule has 0 saturated heterocycles. The number of amides is 1. The van der Waals surface area contributed by atoms with E-state index in [9.17, 15) is 26.7 Å². The Morgan fingerprint density at radius 1 is 1.10 bits per heavy atom. The Balaban J connectivity index is 1.69. The Kier molecular flexibility index (Phi) is 12.8. The van der Waals surface area contributed by atoms with Crippen LogP contribution in [0.5, 0.6) is 5.75 Å². The fraction of sp³-hybridized carbons (Fsp3) is 0.515. The highest BCUT2D eigenvalue weighted by Crippen LogP contribution is 2.31. The molecule has 13 nitrogen and oxygen atoms in total. The summed E-state index contributed by atoms with van der Waals surface area (Å²) in [5, 5.41) is 14.4. The van der Waals surface area contributed by atoms with Crippen molar-refractivity contribution in [2.24, 2.45) is 5.92 Å². The van der Waals surface area contributed by atoms with Gasteiger partial charge in [0.2, 0.25) is 10.0 Å². The lowest BCUT2D eigenvalue weighted by atomic mass is 10.0. The van der Waals surface area contributed by atoms with Crippen LogP contribution in [-0.2, 0) is 24.8 Å². The van der Waals surface area contributed by atoms with Crippen molar-refractivity contribution in [3.05, 3.63) is 64.5 Å². The number of carbonyl (C=O) groups excluding carboxylic acids is 1.